The molecule has 0 spiro atoms. The van der Waals surface area contributed by atoms with Crippen molar-refractivity contribution in [2.45, 2.75) is 45.1 Å². The largest absolute Gasteiger partial charge is 0.416 e. The zero-order chi connectivity index (χ0) is 29.3. The van der Waals surface area contributed by atoms with Crippen LogP contribution >= 0.6 is 11.6 Å². The first kappa shape index (κ1) is 28.6. The molecular formula is C27H27ClF3N7O3. The van der Waals surface area contributed by atoms with Crippen LogP contribution in [-0.2, 0) is 13.1 Å². The van der Waals surface area contributed by atoms with Crippen molar-refractivity contribution in [2.75, 3.05) is 13.1 Å². The highest BCUT2D eigenvalue weighted by atomic mass is 35.5. The Morgan fingerprint density at radius 1 is 1.15 bits per heavy atom. The molecule has 2 aromatic carbocycles. The maximum absolute atomic E-state index is 13.3. The molecule has 1 amide bonds. The average Bonchev–Trinajstić information content (AvgIpc) is 3.53. The van der Waals surface area contributed by atoms with Gasteiger partial charge in [0.25, 0.3) is 5.91 Å². The molecule has 2 aromatic heterocycles. The van der Waals surface area contributed by atoms with E-state index in [2.05, 4.69) is 22.1 Å². The predicted molar refractivity (Wildman–Crippen MR) is 144 cm³/mol. The Morgan fingerprint density at radius 3 is 2.59 bits per heavy atom. The van der Waals surface area contributed by atoms with Gasteiger partial charge in [-0.1, -0.05) is 30.7 Å². The number of amides is 1. The number of piperidine rings is 1. The first-order valence-corrected chi connectivity index (χ1v) is 13.4. The molecule has 5 rings (SSSR count). The minimum absolute atomic E-state index is 0.0823. The smallest absolute Gasteiger partial charge is 0.382 e. The number of aliphatic hydroxyl groups is 1. The van der Waals surface area contributed by atoms with Gasteiger partial charge >= 0.3 is 11.9 Å². The number of para-hydroxylation sites is 1. The van der Waals surface area contributed by atoms with Crippen molar-refractivity contribution in [3.05, 3.63) is 81.8 Å². The lowest BCUT2D eigenvalue weighted by atomic mass is 9.99. The van der Waals surface area contributed by atoms with E-state index >= 15 is 0 Å². The molecule has 1 aliphatic heterocycles. The number of alkyl halides is 3. The summed E-state index contributed by atoms with van der Waals surface area (Å²) in [4.78, 5) is 32.6. The van der Waals surface area contributed by atoms with Gasteiger partial charge in [-0.2, -0.15) is 13.2 Å². The highest BCUT2D eigenvalue weighted by Crippen LogP contribution is 2.25. The summed E-state index contributed by atoms with van der Waals surface area (Å²) in [5.41, 5.74) is 0.398. The molecule has 2 atom stereocenters. The third kappa shape index (κ3) is 6.20. The molecule has 1 saturated heterocycles. The number of aliphatic hydroxyl groups excluding tert-OH is 1. The SMILES string of the molecule is CC1CCCN(C(=O)c2ccccc2-n2cnc(Cn3nc(-c4ccc(Cl)cc4)n(C[C@H](O)C(F)(F)F)c3=O)n2)C1. The second kappa shape index (κ2) is 11.5. The van der Waals surface area contributed by atoms with Crippen LogP contribution in [0, 0.1) is 5.92 Å². The van der Waals surface area contributed by atoms with Crippen molar-refractivity contribution < 1.29 is 23.1 Å². The third-order valence-electron chi connectivity index (χ3n) is 6.91. The Hall–Kier alpha value is -3.97. The number of nitrogens with zero attached hydrogens (tertiary/aromatic N) is 7. The van der Waals surface area contributed by atoms with Crippen LogP contribution in [0.5, 0.6) is 0 Å². The van der Waals surface area contributed by atoms with Crippen LogP contribution in [0.15, 0.2) is 59.7 Å². The zero-order valence-electron chi connectivity index (χ0n) is 22.0. The number of rotatable bonds is 7. The second-order valence-corrected chi connectivity index (χ2v) is 10.5. The Labute approximate surface area is 237 Å². The number of likely N-dealkylation sites (tertiary alicyclic amines) is 1. The molecule has 4 aromatic rings. The van der Waals surface area contributed by atoms with E-state index in [-0.39, 0.29) is 24.1 Å². The first-order chi connectivity index (χ1) is 19.5. The fourth-order valence-corrected chi connectivity index (χ4v) is 4.94. The number of halogens is 4. The molecule has 1 N–H and O–H groups in total. The maximum Gasteiger partial charge on any atom is 0.416 e. The third-order valence-corrected chi connectivity index (χ3v) is 7.17. The topological polar surface area (TPSA) is 111 Å². The van der Waals surface area contributed by atoms with E-state index in [4.69, 9.17) is 11.6 Å². The van der Waals surface area contributed by atoms with E-state index in [1.54, 1.807) is 24.3 Å². The second-order valence-electron chi connectivity index (χ2n) is 10.1. The monoisotopic (exact) mass is 589 g/mol. The molecule has 216 valence electrons. The molecule has 3 heterocycles. The van der Waals surface area contributed by atoms with Crippen LogP contribution in [-0.4, -0.2) is 70.4 Å². The van der Waals surface area contributed by atoms with E-state index in [0.717, 1.165) is 22.1 Å². The first-order valence-electron chi connectivity index (χ1n) is 13.0. The molecule has 14 heteroatoms. The maximum atomic E-state index is 13.3. The fourth-order valence-electron chi connectivity index (χ4n) is 4.82. The van der Waals surface area contributed by atoms with Crippen LogP contribution in [0.2, 0.25) is 5.02 Å². The molecule has 41 heavy (non-hydrogen) atoms. The summed E-state index contributed by atoms with van der Waals surface area (Å²) in [5.74, 6) is 0.353. The highest BCUT2D eigenvalue weighted by molar-refractivity contribution is 6.30. The minimum Gasteiger partial charge on any atom is -0.382 e. The van der Waals surface area contributed by atoms with Gasteiger partial charge in [-0.25, -0.2) is 19.1 Å². The highest BCUT2D eigenvalue weighted by Gasteiger charge is 2.39. The number of carbonyl (C=O) groups is 1. The summed E-state index contributed by atoms with van der Waals surface area (Å²) >= 11 is 5.94. The summed E-state index contributed by atoms with van der Waals surface area (Å²) in [6, 6.07) is 13.0. The lowest BCUT2D eigenvalue weighted by Gasteiger charge is -2.31. The molecule has 10 nitrogen and oxygen atoms in total. The summed E-state index contributed by atoms with van der Waals surface area (Å²) in [5, 5.41) is 18.7. The van der Waals surface area contributed by atoms with E-state index in [0.29, 0.717) is 40.8 Å². The van der Waals surface area contributed by atoms with Crippen molar-refractivity contribution in [1.82, 2.24) is 34.0 Å². The number of carbonyl (C=O) groups excluding carboxylic acids is 1. The van der Waals surface area contributed by atoms with Crippen molar-refractivity contribution in [2.24, 2.45) is 5.92 Å². The van der Waals surface area contributed by atoms with Crippen molar-refractivity contribution in [1.29, 1.82) is 0 Å². The normalized spacial score (nSPS) is 16.6. The summed E-state index contributed by atoms with van der Waals surface area (Å²) < 4.78 is 42.5. The van der Waals surface area contributed by atoms with E-state index in [1.165, 1.54) is 35.3 Å². The van der Waals surface area contributed by atoms with Gasteiger partial charge in [-0.15, -0.1) is 10.2 Å². The predicted octanol–water partition coefficient (Wildman–Crippen LogP) is 3.79. The van der Waals surface area contributed by atoms with Gasteiger partial charge in [0.15, 0.2) is 17.8 Å². The zero-order valence-corrected chi connectivity index (χ0v) is 22.8. The lowest BCUT2D eigenvalue weighted by molar-refractivity contribution is -0.207. The van der Waals surface area contributed by atoms with Gasteiger partial charge in [0, 0.05) is 23.7 Å². The van der Waals surface area contributed by atoms with E-state index in [1.807, 2.05) is 4.90 Å². The van der Waals surface area contributed by atoms with Gasteiger partial charge in [-0.3, -0.25) is 9.36 Å². The van der Waals surface area contributed by atoms with Gasteiger partial charge in [0.1, 0.15) is 12.9 Å². The molecule has 0 aliphatic carbocycles. The molecule has 0 saturated carbocycles. The molecule has 0 radical (unpaired) electrons. The van der Waals surface area contributed by atoms with Crippen molar-refractivity contribution >= 4 is 17.5 Å². The van der Waals surface area contributed by atoms with E-state index in [9.17, 15) is 27.9 Å². The van der Waals surface area contributed by atoms with Crippen LogP contribution in [0.1, 0.15) is 35.9 Å². The van der Waals surface area contributed by atoms with Gasteiger partial charge in [-0.05, 0) is 55.2 Å². The fraction of sp³-hybridized carbons (Fsp3) is 0.370. The van der Waals surface area contributed by atoms with Crippen LogP contribution in [0.3, 0.4) is 0 Å². The summed E-state index contributed by atoms with van der Waals surface area (Å²) in [6.45, 7) is 2.14. The number of benzene rings is 2. The summed E-state index contributed by atoms with van der Waals surface area (Å²) in [6.07, 6.45) is -4.31. The Balaban J connectivity index is 1.45. The Morgan fingerprint density at radius 2 is 1.88 bits per heavy atom. The number of hydrogen-bond acceptors (Lipinski definition) is 6. The van der Waals surface area contributed by atoms with Crippen molar-refractivity contribution in [3.63, 3.8) is 0 Å². The van der Waals surface area contributed by atoms with Crippen molar-refractivity contribution in [3.8, 4) is 17.1 Å². The molecular weight excluding hydrogens is 563 g/mol. The van der Waals surface area contributed by atoms with Gasteiger partial charge in [0.05, 0.1) is 17.8 Å². The van der Waals surface area contributed by atoms with Crippen LogP contribution < -0.4 is 5.69 Å². The van der Waals surface area contributed by atoms with E-state index < -0.39 is 24.5 Å². The van der Waals surface area contributed by atoms with Crippen LogP contribution in [0.25, 0.3) is 17.1 Å². The Bertz CT molecular complexity index is 1600. The standard InChI is InChI=1S/C27H27ClF3N7O3/c1-17-5-4-12-35(13-17)25(40)20-6-2-3-7-21(20)38-16-32-23(33-38)15-37-26(41)36(14-22(39)27(29,30)31)24(34-37)18-8-10-19(28)11-9-18/h2-3,6-11,16-17,22,39H,4-5,12-15H2,1H3/t17?,22-/m0/s1. The van der Waals surface area contributed by atoms with Crippen LogP contribution in [0.4, 0.5) is 13.2 Å². The molecule has 1 fully saturated rings. The van der Waals surface area contributed by atoms with Gasteiger partial charge in [0.2, 0.25) is 0 Å². The number of aromatic nitrogens is 6. The summed E-state index contributed by atoms with van der Waals surface area (Å²) in [7, 11) is 0. The lowest BCUT2D eigenvalue weighted by Crippen LogP contribution is -2.39. The van der Waals surface area contributed by atoms with Gasteiger partial charge < -0.3 is 10.0 Å². The molecule has 0 bridgehead atoms. The molecule has 1 unspecified atom stereocenters. The number of hydrogen-bond donors (Lipinski definition) is 1. The minimum atomic E-state index is -4.93. The quantitative estimate of drug-likeness (QED) is 0.351. The average molecular weight is 590 g/mol. The molecule has 1 aliphatic rings. The Kier molecular flexibility index (Phi) is 8.00.